The second-order valence-corrected chi connectivity index (χ2v) is 12.2. The number of fused-ring (bicyclic) bond motifs is 1. The summed E-state index contributed by atoms with van der Waals surface area (Å²) in [6.07, 6.45) is 4.02. The minimum atomic E-state index is -3.58. The van der Waals surface area contributed by atoms with Gasteiger partial charge in [-0.05, 0) is 31.6 Å². The van der Waals surface area contributed by atoms with Gasteiger partial charge in [-0.15, -0.1) is 11.3 Å². The molecule has 0 radical (unpaired) electrons. The molecule has 0 saturated carbocycles. The zero-order valence-electron chi connectivity index (χ0n) is 21.8. The second-order valence-electron chi connectivity index (χ2n) is 9.00. The van der Waals surface area contributed by atoms with Gasteiger partial charge in [-0.3, -0.25) is 9.65 Å². The molecule has 11 heteroatoms. The first kappa shape index (κ1) is 25.9. The number of ether oxygens (including phenoxy) is 1. The Morgan fingerprint density at radius 1 is 1.08 bits per heavy atom. The highest BCUT2D eigenvalue weighted by molar-refractivity contribution is 7.68. The zero-order chi connectivity index (χ0) is 27.0. The van der Waals surface area contributed by atoms with Crippen LogP contribution in [0.15, 0.2) is 54.6 Å². The van der Waals surface area contributed by atoms with Crippen LogP contribution in [0.4, 0.5) is 11.6 Å². The molecule has 196 valence electrons. The lowest BCUT2D eigenvalue weighted by Crippen LogP contribution is -2.22. The van der Waals surface area contributed by atoms with Crippen LogP contribution in [0.2, 0.25) is 0 Å². The molecule has 0 fully saturated rings. The van der Waals surface area contributed by atoms with Gasteiger partial charge in [0.25, 0.3) is 0 Å². The number of thiazole rings is 1. The predicted molar refractivity (Wildman–Crippen MR) is 152 cm³/mol. The molecule has 3 heterocycles. The van der Waals surface area contributed by atoms with Gasteiger partial charge in [-0.2, -0.15) is 5.10 Å². The molecule has 0 spiro atoms. The first-order valence-corrected chi connectivity index (χ1v) is 14.4. The molecule has 0 aliphatic carbocycles. The smallest absolute Gasteiger partial charge is 0.351 e. The zero-order valence-corrected chi connectivity index (χ0v) is 23.5. The van der Waals surface area contributed by atoms with Crippen molar-refractivity contribution in [1.82, 2.24) is 14.8 Å². The lowest BCUT2D eigenvalue weighted by atomic mass is 10.1. The molecule has 38 heavy (non-hydrogen) atoms. The Balaban J connectivity index is 1.48. The number of hydrogen-bond donors (Lipinski definition) is 1. The van der Waals surface area contributed by atoms with E-state index in [0.717, 1.165) is 51.6 Å². The summed E-state index contributed by atoms with van der Waals surface area (Å²) in [7, 11) is 1.13. The number of methoxy groups -OCH3 is 1. The third-order valence-corrected chi connectivity index (χ3v) is 9.58. The number of nitrogens with zero attached hydrogens (tertiary/aromatic N) is 4. The van der Waals surface area contributed by atoms with Crippen molar-refractivity contribution in [3.8, 4) is 21.8 Å². The van der Waals surface area contributed by atoms with E-state index in [9.17, 15) is 9.36 Å². The standard InChI is InChI=1S/C27H28N5O4PS/c1-17-7-12-22(18(2)15-17)37(34,36-5)30-25-24(27(33)35-4)38-26(28-25)20-10-8-19(9-11-20)21-16-23-31(3)13-6-14-32(23)29-21/h6-12,14-16H,13H2,1-5H3,(H,30,34). The number of hydrogen-bond acceptors (Lipinski definition) is 8. The number of esters is 1. The van der Waals surface area contributed by atoms with Gasteiger partial charge in [0.1, 0.15) is 10.8 Å². The molecule has 1 atom stereocenters. The number of carbonyl (C=O) groups excluding carboxylic acids is 1. The first-order valence-electron chi connectivity index (χ1n) is 11.9. The Morgan fingerprint density at radius 2 is 1.82 bits per heavy atom. The van der Waals surface area contributed by atoms with Crippen molar-refractivity contribution in [2.24, 2.45) is 0 Å². The summed E-state index contributed by atoms with van der Waals surface area (Å²) in [6.45, 7) is 4.67. The molecule has 1 aliphatic rings. The number of benzene rings is 2. The van der Waals surface area contributed by atoms with Gasteiger partial charge in [0.05, 0.1) is 18.1 Å². The third kappa shape index (κ3) is 4.78. The molecule has 5 rings (SSSR count). The van der Waals surface area contributed by atoms with Crippen molar-refractivity contribution in [1.29, 1.82) is 0 Å². The van der Waals surface area contributed by atoms with E-state index in [1.165, 1.54) is 14.2 Å². The molecule has 1 N–H and O–H groups in total. The number of aromatic nitrogens is 3. The van der Waals surface area contributed by atoms with Gasteiger partial charge in [-0.25, -0.2) is 14.5 Å². The maximum atomic E-state index is 13.9. The highest BCUT2D eigenvalue weighted by atomic mass is 32.1. The molecule has 0 bridgehead atoms. The number of anilines is 2. The van der Waals surface area contributed by atoms with Crippen LogP contribution in [0, 0.1) is 13.8 Å². The number of nitrogens with one attached hydrogen (secondary N) is 1. The molecule has 1 unspecified atom stereocenters. The van der Waals surface area contributed by atoms with Crippen molar-refractivity contribution < 1.29 is 18.6 Å². The molecule has 0 saturated heterocycles. The summed E-state index contributed by atoms with van der Waals surface area (Å²) < 4.78 is 26.2. The highest BCUT2D eigenvalue weighted by Gasteiger charge is 2.31. The van der Waals surface area contributed by atoms with E-state index in [0.29, 0.717) is 10.3 Å². The largest absolute Gasteiger partial charge is 0.465 e. The fraction of sp³-hybridized carbons (Fsp3) is 0.222. The normalized spacial score (nSPS) is 14.2. The van der Waals surface area contributed by atoms with Crippen molar-refractivity contribution in [3.05, 3.63) is 70.6 Å². The topological polar surface area (TPSA) is 98.6 Å². The monoisotopic (exact) mass is 549 g/mol. The second kappa shape index (κ2) is 10.2. The van der Waals surface area contributed by atoms with Gasteiger partial charge in [-0.1, -0.05) is 42.0 Å². The lowest BCUT2D eigenvalue weighted by Gasteiger charge is -2.20. The fourth-order valence-electron chi connectivity index (χ4n) is 4.33. The van der Waals surface area contributed by atoms with Crippen LogP contribution < -0.4 is 15.3 Å². The quantitative estimate of drug-likeness (QED) is 0.236. The first-order chi connectivity index (χ1) is 18.2. The average Bonchev–Trinajstić information content (AvgIpc) is 3.54. The summed E-state index contributed by atoms with van der Waals surface area (Å²) in [5.41, 5.74) is 4.48. The maximum absolute atomic E-state index is 13.9. The summed E-state index contributed by atoms with van der Waals surface area (Å²) >= 11 is 1.16. The Hall–Kier alpha value is -3.72. The van der Waals surface area contributed by atoms with E-state index in [2.05, 4.69) is 32.2 Å². The van der Waals surface area contributed by atoms with Crippen molar-refractivity contribution >= 4 is 48.0 Å². The van der Waals surface area contributed by atoms with Crippen LogP contribution in [0.5, 0.6) is 0 Å². The minimum Gasteiger partial charge on any atom is -0.465 e. The van der Waals surface area contributed by atoms with Crippen LogP contribution in [-0.2, 0) is 13.8 Å². The van der Waals surface area contributed by atoms with Crippen LogP contribution in [0.1, 0.15) is 20.8 Å². The predicted octanol–water partition coefficient (Wildman–Crippen LogP) is 5.57. The Kier molecular flexibility index (Phi) is 6.96. The lowest BCUT2D eigenvalue weighted by molar-refractivity contribution is 0.0607. The van der Waals surface area contributed by atoms with Gasteiger partial charge in [0, 0.05) is 44.1 Å². The SMILES string of the molecule is COC(=O)c1sc(-c2ccc(-c3cc4n(n3)C=CCN4C)cc2)nc1NP(=O)(OC)c1ccc(C)cc1C. The third-order valence-electron chi connectivity index (χ3n) is 6.34. The molecular formula is C27H28N5O4PS. The van der Waals surface area contributed by atoms with E-state index < -0.39 is 13.5 Å². The Labute approximate surface area is 225 Å². The van der Waals surface area contributed by atoms with Crippen LogP contribution in [0.3, 0.4) is 0 Å². The highest BCUT2D eigenvalue weighted by Crippen LogP contribution is 2.47. The molecular weight excluding hydrogens is 521 g/mol. The van der Waals surface area contributed by atoms with Gasteiger partial charge in [0.2, 0.25) is 0 Å². The van der Waals surface area contributed by atoms with Crippen LogP contribution in [-0.4, -0.2) is 48.5 Å². The molecule has 0 amide bonds. The van der Waals surface area contributed by atoms with Gasteiger partial charge >= 0.3 is 13.5 Å². The summed E-state index contributed by atoms with van der Waals surface area (Å²) in [4.78, 5) is 19.6. The minimum absolute atomic E-state index is 0.155. The van der Waals surface area contributed by atoms with Crippen molar-refractivity contribution in [2.75, 3.05) is 37.8 Å². The fourth-order valence-corrected chi connectivity index (χ4v) is 7.00. The number of carbonyl (C=O) groups is 1. The number of aryl methyl sites for hydroxylation is 2. The molecule has 9 nitrogen and oxygen atoms in total. The van der Waals surface area contributed by atoms with Crippen molar-refractivity contribution in [2.45, 2.75) is 13.8 Å². The number of rotatable bonds is 7. The van der Waals surface area contributed by atoms with Gasteiger partial charge < -0.3 is 14.2 Å². The number of likely N-dealkylation sites (N-methyl/N-ethyl adjacent to an activating group) is 1. The average molecular weight is 550 g/mol. The molecule has 4 aromatic rings. The summed E-state index contributed by atoms with van der Waals surface area (Å²) in [5.74, 6) is 0.607. The van der Waals surface area contributed by atoms with E-state index in [4.69, 9.17) is 9.26 Å². The van der Waals surface area contributed by atoms with Gasteiger partial charge in [0.15, 0.2) is 10.7 Å². The molecule has 2 aromatic carbocycles. The van der Waals surface area contributed by atoms with E-state index in [-0.39, 0.29) is 10.7 Å². The maximum Gasteiger partial charge on any atom is 0.351 e. The Bertz CT molecular complexity index is 1590. The summed E-state index contributed by atoms with van der Waals surface area (Å²) in [5, 5.41) is 8.70. The molecule has 1 aliphatic heterocycles. The van der Waals surface area contributed by atoms with E-state index >= 15 is 0 Å². The van der Waals surface area contributed by atoms with Crippen LogP contribution >= 0.6 is 18.9 Å². The van der Waals surface area contributed by atoms with Crippen LogP contribution in [0.25, 0.3) is 28.0 Å². The Morgan fingerprint density at radius 3 is 2.47 bits per heavy atom. The molecule has 2 aromatic heterocycles. The van der Waals surface area contributed by atoms with Crippen molar-refractivity contribution in [3.63, 3.8) is 0 Å². The van der Waals surface area contributed by atoms with E-state index in [1.54, 1.807) is 6.07 Å². The summed E-state index contributed by atoms with van der Waals surface area (Å²) in [6, 6.07) is 15.4. The van der Waals surface area contributed by atoms with E-state index in [1.807, 2.05) is 68.2 Å².